The summed E-state index contributed by atoms with van der Waals surface area (Å²) in [6.45, 7) is 1.50. The Kier molecular flexibility index (Phi) is 4.01. The van der Waals surface area contributed by atoms with E-state index in [1.165, 1.54) is 25.7 Å². The van der Waals surface area contributed by atoms with Gasteiger partial charge in [0.05, 0.1) is 6.61 Å². The van der Waals surface area contributed by atoms with E-state index in [1.807, 2.05) is 18.2 Å². The van der Waals surface area contributed by atoms with Crippen molar-refractivity contribution in [2.45, 2.75) is 32.1 Å². The molecule has 108 valence electrons. The minimum atomic E-state index is 0.0342. The summed E-state index contributed by atoms with van der Waals surface area (Å²) in [5.41, 5.74) is 2.15. The Labute approximate surface area is 128 Å². The second-order valence-electron chi connectivity index (χ2n) is 5.94. The van der Waals surface area contributed by atoms with Crippen LogP contribution in [0.1, 0.15) is 41.6 Å². The lowest BCUT2D eigenvalue weighted by molar-refractivity contribution is 0.0935. The molecule has 1 amide bonds. The molecule has 1 fully saturated rings. The number of carbonyl (C=O) groups excluding carboxylic acids is 1. The van der Waals surface area contributed by atoms with Gasteiger partial charge in [-0.25, -0.2) is 0 Å². The molecule has 0 spiro atoms. The highest BCUT2D eigenvalue weighted by Gasteiger charge is 2.33. The monoisotopic (exact) mass is 337 g/mol. The SMILES string of the molecule is O=C(NCC1(CBr)CCCC1)c1ccc2c(c1)CCO2. The van der Waals surface area contributed by atoms with Crippen molar-refractivity contribution in [3.8, 4) is 5.75 Å². The minimum Gasteiger partial charge on any atom is -0.493 e. The van der Waals surface area contributed by atoms with Gasteiger partial charge in [-0.2, -0.15) is 0 Å². The van der Waals surface area contributed by atoms with Gasteiger partial charge in [0.2, 0.25) is 0 Å². The zero-order valence-electron chi connectivity index (χ0n) is 11.6. The van der Waals surface area contributed by atoms with Crippen LogP contribution in [-0.2, 0) is 6.42 Å². The molecule has 1 N–H and O–H groups in total. The van der Waals surface area contributed by atoms with Crippen LogP contribution in [0.15, 0.2) is 18.2 Å². The molecule has 0 radical (unpaired) electrons. The second kappa shape index (κ2) is 5.76. The topological polar surface area (TPSA) is 38.3 Å². The Balaban J connectivity index is 1.64. The van der Waals surface area contributed by atoms with Gasteiger partial charge in [0, 0.05) is 23.9 Å². The van der Waals surface area contributed by atoms with E-state index >= 15 is 0 Å². The molecular weight excluding hydrogens is 318 g/mol. The van der Waals surface area contributed by atoms with Gasteiger partial charge >= 0.3 is 0 Å². The number of rotatable bonds is 4. The van der Waals surface area contributed by atoms with Gasteiger partial charge in [-0.3, -0.25) is 4.79 Å². The number of hydrogen-bond donors (Lipinski definition) is 1. The fraction of sp³-hybridized carbons (Fsp3) is 0.562. The number of benzene rings is 1. The van der Waals surface area contributed by atoms with Gasteiger partial charge in [-0.05, 0) is 42.0 Å². The van der Waals surface area contributed by atoms with Crippen LogP contribution in [0.25, 0.3) is 0 Å². The van der Waals surface area contributed by atoms with E-state index in [9.17, 15) is 4.79 Å². The molecule has 1 saturated carbocycles. The number of nitrogens with one attached hydrogen (secondary N) is 1. The first-order valence-electron chi connectivity index (χ1n) is 7.32. The van der Waals surface area contributed by atoms with Crippen molar-refractivity contribution in [1.82, 2.24) is 5.32 Å². The van der Waals surface area contributed by atoms with E-state index in [0.717, 1.165) is 41.8 Å². The van der Waals surface area contributed by atoms with Crippen LogP contribution < -0.4 is 10.1 Å². The number of fused-ring (bicyclic) bond motifs is 1. The zero-order valence-corrected chi connectivity index (χ0v) is 13.2. The molecule has 1 aromatic carbocycles. The Hall–Kier alpha value is -1.03. The van der Waals surface area contributed by atoms with Gasteiger partial charge in [0.1, 0.15) is 5.75 Å². The molecule has 0 atom stereocenters. The highest BCUT2D eigenvalue weighted by atomic mass is 79.9. The van der Waals surface area contributed by atoms with Gasteiger partial charge in [-0.1, -0.05) is 28.8 Å². The molecular formula is C16H20BrNO2. The summed E-state index contributed by atoms with van der Waals surface area (Å²) in [6, 6.07) is 5.73. The Morgan fingerprint density at radius 3 is 2.90 bits per heavy atom. The quantitative estimate of drug-likeness (QED) is 0.856. The first kappa shape index (κ1) is 13.9. The summed E-state index contributed by atoms with van der Waals surface area (Å²) in [4.78, 5) is 12.3. The third kappa shape index (κ3) is 2.71. The average molecular weight is 338 g/mol. The summed E-state index contributed by atoms with van der Waals surface area (Å²) in [5, 5.41) is 4.08. The number of alkyl halides is 1. The molecule has 2 aliphatic rings. The Morgan fingerprint density at radius 1 is 1.35 bits per heavy atom. The fourth-order valence-corrected chi connectivity index (χ4v) is 3.94. The van der Waals surface area contributed by atoms with Crippen molar-refractivity contribution in [1.29, 1.82) is 0 Å². The third-order valence-corrected chi connectivity index (χ3v) is 5.71. The first-order valence-corrected chi connectivity index (χ1v) is 8.45. The van der Waals surface area contributed by atoms with Crippen LogP contribution >= 0.6 is 15.9 Å². The van der Waals surface area contributed by atoms with E-state index in [0.29, 0.717) is 0 Å². The molecule has 0 aromatic heterocycles. The zero-order chi connectivity index (χ0) is 14.0. The normalized spacial score (nSPS) is 19.4. The largest absolute Gasteiger partial charge is 0.493 e. The first-order chi connectivity index (χ1) is 9.72. The number of halogens is 1. The minimum absolute atomic E-state index is 0.0342. The third-order valence-electron chi connectivity index (χ3n) is 4.52. The molecule has 1 heterocycles. The molecule has 1 aromatic rings. The maximum absolute atomic E-state index is 12.3. The summed E-state index contributed by atoms with van der Waals surface area (Å²) in [6.07, 6.45) is 5.87. The lowest BCUT2D eigenvalue weighted by atomic mass is 9.89. The van der Waals surface area contributed by atoms with Crippen LogP contribution in [-0.4, -0.2) is 24.4 Å². The molecule has 20 heavy (non-hydrogen) atoms. The van der Waals surface area contributed by atoms with Crippen LogP contribution in [0.4, 0.5) is 0 Å². The van der Waals surface area contributed by atoms with Crippen LogP contribution in [0.2, 0.25) is 0 Å². The highest BCUT2D eigenvalue weighted by Crippen LogP contribution is 2.39. The number of ether oxygens (including phenoxy) is 1. The van der Waals surface area contributed by atoms with Gasteiger partial charge in [0.15, 0.2) is 0 Å². The number of amides is 1. The molecule has 0 bridgehead atoms. The van der Waals surface area contributed by atoms with Crippen molar-refractivity contribution in [2.24, 2.45) is 5.41 Å². The summed E-state index contributed by atoms with van der Waals surface area (Å²) < 4.78 is 5.47. The molecule has 0 saturated heterocycles. The summed E-state index contributed by atoms with van der Waals surface area (Å²) in [7, 11) is 0. The highest BCUT2D eigenvalue weighted by molar-refractivity contribution is 9.09. The standard InChI is InChI=1S/C16H20BrNO2/c17-10-16(6-1-2-7-16)11-18-15(19)13-3-4-14-12(9-13)5-8-20-14/h3-4,9H,1-2,5-8,10-11H2,(H,18,19). The van der Waals surface area contributed by atoms with Gasteiger partial charge < -0.3 is 10.1 Å². The maximum atomic E-state index is 12.3. The maximum Gasteiger partial charge on any atom is 0.251 e. The predicted molar refractivity (Wildman–Crippen MR) is 82.7 cm³/mol. The van der Waals surface area contributed by atoms with E-state index in [2.05, 4.69) is 21.2 Å². The fourth-order valence-electron chi connectivity index (χ4n) is 3.18. The van der Waals surface area contributed by atoms with Crippen molar-refractivity contribution in [3.63, 3.8) is 0 Å². The summed E-state index contributed by atoms with van der Waals surface area (Å²) >= 11 is 3.61. The van der Waals surface area contributed by atoms with E-state index in [4.69, 9.17) is 4.74 Å². The predicted octanol–water partition coefficient (Wildman–Crippen LogP) is 3.31. The second-order valence-corrected chi connectivity index (χ2v) is 6.51. The van der Waals surface area contributed by atoms with Crippen LogP contribution in [0, 0.1) is 5.41 Å². The molecule has 4 heteroatoms. The molecule has 1 aliphatic carbocycles. The van der Waals surface area contributed by atoms with Gasteiger partial charge in [-0.15, -0.1) is 0 Å². The molecule has 1 aliphatic heterocycles. The summed E-state index contributed by atoms with van der Waals surface area (Å²) in [5.74, 6) is 0.959. The number of hydrogen-bond acceptors (Lipinski definition) is 2. The van der Waals surface area contributed by atoms with Gasteiger partial charge in [0.25, 0.3) is 5.91 Å². The van der Waals surface area contributed by atoms with Crippen molar-refractivity contribution in [3.05, 3.63) is 29.3 Å². The van der Waals surface area contributed by atoms with E-state index in [1.54, 1.807) is 0 Å². The number of carbonyl (C=O) groups is 1. The van der Waals surface area contributed by atoms with Crippen LogP contribution in [0.3, 0.4) is 0 Å². The smallest absolute Gasteiger partial charge is 0.251 e. The van der Waals surface area contributed by atoms with E-state index in [-0.39, 0.29) is 11.3 Å². The Bertz CT molecular complexity index is 509. The van der Waals surface area contributed by atoms with Crippen molar-refractivity contribution >= 4 is 21.8 Å². The lowest BCUT2D eigenvalue weighted by Gasteiger charge is -2.26. The Morgan fingerprint density at radius 2 is 2.15 bits per heavy atom. The molecule has 3 nitrogen and oxygen atoms in total. The average Bonchev–Trinajstić information content (AvgIpc) is 3.13. The van der Waals surface area contributed by atoms with E-state index < -0.39 is 0 Å². The molecule has 3 rings (SSSR count). The van der Waals surface area contributed by atoms with Crippen molar-refractivity contribution < 1.29 is 9.53 Å². The lowest BCUT2D eigenvalue weighted by Crippen LogP contribution is -2.37. The van der Waals surface area contributed by atoms with Crippen LogP contribution in [0.5, 0.6) is 5.75 Å². The molecule has 0 unspecified atom stereocenters. The van der Waals surface area contributed by atoms with Crippen molar-refractivity contribution in [2.75, 3.05) is 18.5 Å².